The van der Waals surface area contributed by atoms with Gasteiger partial charge in [-0.15, -0.1) is 0 Å². The molecule has 4 saturated carbocycles. The van der Waals surface area contributed by atoms with E-state index in [2.05, 4.69) is 41.5 Å². The second-order valence-electron chi connectivity index (χ2n) is 15.3. The van der Waals surface area contributed by atoms with Crippen LogP contribution in [0.25, 0.3) is 0 Å². The number of hydrogen-bond acceptors (Lipinski definition) is 3. The Balaban J connectivity index is 1.44. The van der Waals surface area contributed by atoms with E-state index in [0.29, 0.717) is 28.1 Å². The SMILES string of the molecule is CC(C)(O)C1CC[C@@](C)([C@H]2CC[C@]3(C)[C@@H]2CC[C@@H]2[C@@]4(C)CC[C@H](O)C(C)(C)[C@@H]4CC[C@]23C)O1. The van der Waals surface area contributed by atoms with E-state index in [1.54, 1.807) is 0 Å². The van der Waals surface area contributed by atoms with E-state index in [0.717, 1.165) is 31.1 Å². The molecule has 0 amide bonds. The zero-order valence-electron chi connectivity index (χ0n) is 22.8. The number of hydrogen-bond donors (Lipinski definition) is 2. The van der Waals surface area contributed by atoms with Crippen LogP contribution in [0.4, 0.5) is 0 Å². The minimum Gasteiger partial charge on any atom is -0.393 e. The number of rotatable bonds is 2. The minimum atomic E-state index is -0.755. The molecule has 4 aliphatic carbocycles. The van der Waals surface area contributed by atoms with Gasteiger partial charge in [0.2, 0.25) is 0 Å². The molecule has 1 unspecified atom stereocenters. The van der Waals surface area contributed by atoms with Crippen LogP contribution < -0.4 is 0 Å². The molecule has 3 heteroatoms. The van der Waals surface area contributed by atoms with Gasteiger partial charge in [-0.1, -0.05) is 34.6 Å². The Hall–Kier alpha value is -0.120. The number of aliphatic hydroxyl groups excluding tert-OH is 1. The van der Waals surface area contributed by atoms with Crippen molar-refractivity contribution >= 4 is 0 Å². The standard InChI is InChI=1S/C30H52O3/c1-25(2)21-12-17-29(7)22(27(21,5)15-13-23(25)31)10-9-19-20(11-16-28(19,29)6)30(8)18-14-24(33-30)26(3,4)32/h19-24,31-32H,9-18H2,1-8H3/t19-,20+,21+,22-,23+,24?,27+,28-,29-,30+/m1/s1. The summed E-state index contributed by atoms with van der Waals surface area (Å²) in [6, 6.07) is 0. The van der Waals surface area contributed by atoms with Gasteiger partial charge in [-0.2, -0.15) is 0 Å². The van der Waals surface area contributed by atoms with Gasteiger partial charge in [0.15, 0.2) is 0 Å². The Morgan fingerprint density at radius 1 is 0.697 bits per heavy atom. The maximum absolute atomic E-state index is 10.9. The smallest absolute Gasteiger partial charge is 0.0865 e. The van der Waals surface area contributed by atoms with Crippen molar-refractivity contribution < 1.29 is 14.9 Å². The highest BCUT2D eigenvalue weighted by atomic mass is 16.5. The molecule has 33 heavy (non-hydrogen) atoms. The summed E-state index contributed by atoms with van der Waals surface area (Å²) in [7, 11) is 0. The third kappa shape index (κ3) is 3.16. The highest BCUT2D eigenvalue weighted by molar-refractivity contribution is 5.18. The van der Waals surface area contributed by atoms with Gasteiger partial charge in [-0.05, 0) is 130 Å². The average Bonchev–Trinajstić information content (AvgIpc) is 3.27. The summed E-state index contributed by atoms with van der Waals surface area (Å²) in [5.74, 6) is 2.73. The fraction of sp³-hybridized carbons (Fsp3) is 1.00. The van der Waals surface area contributed by atoms with Crippen LogP contribution in [-0.4, -0.2) is 33.6 Å². The zero-order valence-corrected chi connectivity index (χ0v) is 22.8. The molecule has 0 aromatic rings. The number of fused-ring (bicyclic) bond motifs is 5. The lowest BCUT2D eigenvalue weighted by atomic mass is 9.35. The van der Waals surface area contributed by atoms with E-state index in [1.165, 1.54) is 44.9 Å². The first-order chi connectivity index (χ1) is 15.1. The highest BCUT2D eigenvalue weighted by Crippen LogP contribution is 2.76. The lowest BCUT2D eigenvalue weighted by Gasteiger charge is -2.70. The first-order valence-electron chi connectivity index (χ1n) is 14.2. The molecular formula is C30H52O3. The monoisotopic (exact) mass is 460 g/mol. The second-order valence-corrected chi connectivity index (χ2v) is 15.3. The van der Waals surface area contributed by atoms with E-state index in [-0.39, 0.29) is 23.2 Å². The van der Waals surface area contributed by atoms with Gasteiger partial charge in [0.05, 0.1) is 23.4 Å². The van der Waals surface area contributed by atoms with Crippen LogP contribution in [0, 0.1) is 45.3 Å². The number of ether oxygens (including phenoxy) is 1. The molecule has 0 aromatic heterocycles. The molecule has 1 aliphatic heterocycles. The molecule has 5 aliphatic rings. The largest absolute Gasteiger partial charge is 0.393 e. The lowest BCUT2D eigenvalue weighted by Crippen LogP contribution is -2.64. The number of aliphatic hydroxyl groups is 2. The molecular weight excluding hydrogens is 408 g/mol. The lowest BCUT2D eigenvalue weighted by molar-refractivity contribution is -0.227. The van der Waals surface area contributed by atoms with Gasteiger partial charge in [0, 0.05) is 0 Å². The van der Waals surface area contributed by atoms with E-state index < -0.39 is 5.60 Å². The summed E-state index contributed by atoms with van der Waals surface area (Å²) in [5.41, 5.74) is 0.277. The van der Waals surface area contributed by atoms with Crippen molar-refractivity contribution in [3.05, 3.63) is 0 Å². The Morgan fingerprint density at radius 2 is 1.36 bits per heavy atom. The molecule has 3 nitrogen and oxygen atoms in total. The highest BCUT2D eigenvalue weighted by Gasteiger charge is 2.70. The Kier molecular flexibility index (Phi) is 5.38. The van der Waals surface area contributed by atoms with Gasteiger partial charge < -0.3 is 14.9 Å². The van der Waals surface area contributed by atoms with Crippen LogP contribution in [0.2, 0.25) is 0 Å². The molecule has 5 rings (SSSR count). The topological polar surface area (TPSA) is 49.7 Å². The summed E-state index contributed by atoms with van der Waals surface area (Å²) < 4.78 is 6.73. The second kappa shape index (κ2) is 7.22. The van der Waals surface area contributed by atoms with E-state index in [4.69, 9.17) is 4.74 Å². The molecule has 0 radical (unpaired) electrons. The van der Waals surface area contributed by atoms with Gasteiger partial charge >= 0.3 is 0 Å². The summed E-state index contributed by atoms with van der Waals surface area (Å²) >= 11 is 0. The maximum atomic E-state index is 10.9. The Morgan fingerprint density at radius 3 is 2.00 bits per heavy atom. The predicted molar refractivity (Wildman–Crippen MR) is 134 cm³/mol. The minimum absolute atomic E-state index is 0.0293. The molecule has 0 spiro atoms. The zero-order chi connectivity index (χ0) is 24.2. The first-order valence-corrected chi connectivity index (χ1v) is 14.2. The van der Waals surface area contributed by atoms with Crippen LogP contribution in [0.15, 0.2) is 0 Å². The summed E-state index contributed by atoms with van der Waals surface area (Å²) in [6.07, 6.45) is 11.9. The first kappa shape index (κ1) is 24.6. The third-order valence-electron chi connectivity index (χ3n) is 13.3. The van der Waals surface area contributed by atoms with Crippen molar-refractivity contribution in [3.8, 4) is 0 Å². The molecule has 0 aromatic carbocycles. The molecule has 10 atom stereocenters. The van der Waals surface area contributed by atoms with E-state index in [1.807, 2.05) is 13.8 Å². The van der Waals surface area contributed by atoms with Crippen LogP contribution in [0.3, 0.4) is 0 Å². The summed E-state index contributed by atoms with van der Waals surface area (Å²) in [5, 5.41) is 21.5. The summed E-state index contributed by atoms with van der Waals surface area (Å²) in [6.45, 7) is 18.8. The van der Waals surface area contributed by atoms with Crippen molar-refractivity contribution in [2.45, 2.75) is 143 Å². The Bertz CT molecular complexity index is 784. The quantitative estimate of drug-likeness (QED) is 0.480. The van der Waals surface area contributed by atoms with Crippen LogP contribution in [-0.2, 0) is 4.74 Å². The van der Waals surface area contributed by atoms with Crippen molar-refractivity contribution in [1.82, 2.24) is 0 Å². The maximum Gasteiger partial charge on any atom is 0.0865 e. The third-order valence-corrected chi connectivity index (χ3v) is 13.3. The Labute approximate surface area is 203 Å². The van der Waals surface area contributed by atoms with Crippen LogP contribution in [0.1, 0.15) is 120 Å². The molecule has 190 valence electrons. The van der Waals surface area contributed by atoms with Gasteiger partial charge in [0.25, 0.3) is 0 Å². The predicted octanol–water partition coefficient (Wildman–Crippen LogP) is 6.74. The van der Waals surface area contributed by atoms with Crippen molar-refractivity contribution in [2.24, 2.45) is 45.3 Å². The average molecular weight is 461 g/mol. The van der Waals surface area contributed by atoms with Crippen molar-refractivity contribution in [1.29, 1.82) is 0 Å². The summed E-state index contributed by atoms with van der Waals surface area (Å²) in [4.78, 5) is 0. The molecule has 5 fully saturated rings. The van der Waals surface area contributed by atoms with E-state index >= 15 is 0 Å². The van der Waals surface area contributed by atoms with Gasteiger partial charge in [-0.3, -0.25) is 0 Å². The normalized spacial score (nSPS) is 56.2. The van der Waals surface area contributed by atoms with Crippen LogP contribution in [0.5, 0.6) is 0 Å². The molecule has 0 bridgehead atoms. The van der Waals surface area contributed by atoms with Gasteiger partial charge in [-0.25, -0.2) is 0 Å². The molecule has 1 saturated heterocycles. The fourth-order valence-corrected chi connectivity index (χ4v) is 11.1. The van der Waals surface area contributed by atoms with E-state index in [9.17, 15) is 10.2 Å². The van der Waals surface area contributed by atoms with Crippen LogP contribution >= 0.6 is 0 Å². The fourth-order valence-electron chi connectivity index (χ4n) is 11.1. The molecule has 2 N–H and O–H groups in total. The van der Waals surface area contributed by atoms with Crippen molar-refractivity contribution in [3.63, 3.8) is 0 Å². The molecule has 1 heterocycles. The van der Waals surface area contributed by atoms with Gasteiger partial charge in [0.1, 0.15) is 0 Å². The van der Waals surface area contributed by atoms with Crippen molar-refractivity contribution in [2.75, 3.05) is 0 Å².